The first-order chi connectivity index (χ1) is 8.93. The summed E-state index contributed by atoms with van der Waals surface area (Å²) < 4.78 is 0. The summed E-state index contributed by atoms with van der Waals surface area (Å²) in [5, 5.41) is 34.5. The number of rotatable bonds is 1. The number of hydrogen-bond acceptors (Lipinski definition) is 7. The normalized spacial score (nSPS) is 10.5. The first kappa shape index (κ1) is 36.0. The molecule has 0 saturated carbocycles. The molecule has 0 bridgehead atoms. The fourth-order valence-electron chi connectivity index (χ4n) is 1.12. The maximum Gasteiger partial charge on any atom is 5.00 e. The molecule has 7 nitrogen and oxygen atoms in total. The molecule has 0 amide bonds. The smallest absolute Gasteiger partial charge is 0.512 e. The van der Waals surface area contributed by atoms with Crippen LogP contribution in [0.1, 0.15) is 12.8 Å². The van der Waals surface area contributed by atoms with Gasteiger partial charge in [0.25, 0.3) is 0 Å². The van der Waals surface area contributed by atoms with Crippen LogP contribution in [0, 0.1) is 65.1 Å². The van der Waals surface area contributed by atoms with Gasteiger partial charge in [-0.2, -0.15) is 0 Å². The van der Waals surface area contributed by atoms with E-state index < -0.39 is 0 Å². The standard InChI is InChI=1S/C6H14N2.5CN.Fe/c7-5-6-1-3-8-4-2-6;5*1-2;/h6,8H,1-5,7H2;;;;;;/q;5*-1;+5. The van der Waals surface area contributed by atoms with Crippen LogP contribution in [0.5, 0.6) is 0 Å². The Kier molecular flexibility index (Phi) is 140. The van der Waals surface area contributed by atoms with E-state index >= 15 is 0 Å². The molecular formula is C11H14FeN7. The van der Waals surface area contributed by atoms with E-state index in [9.17, 15) is 0 Å². The summed E-state index contributed by atoms with van der Waals surface area (Å²) in [4.78, 5) is 0. The minimum absolute atomic E-state index is 0. The van der Waals surface area contributed by atoms with Crippen LogP contribution >= 0.6 is 0 Å². The van der Waals surface area contributed by atoms with Crippen molar-refractivity contribution in [2.24, 2.45) is 11.7 Å². The summed E-state index contributed by atoms with van der Waals surface area (Å²) in [6.07, 6.45) is 2.55. The van der Waals surface area contributed by atoms with Gasteiger partial charge in [0.15, 0.2) is 0 Å². The Hall–Kier alpha value is -2.11. The van der Waals surface area contributed by atoms with Crippen molar-refractivity contribution < 1.29 is 17.1 Å². The van der Waals surface area contributed by atoms with E-state index in [0.29, 0.717) is 0 Å². The summed E-state index contributed by atoms with van der Waals surface area (Å²) in [5.74, 6) is 0.802. The molecule has 0 atom stereocenters. The molecule has 0 spiro atoms. The predicted molar refractivity (Wildman–Crippen MR) is 59.5 cm³/mol. The molecule has 0 aromatic rings. The molecular weight excluding hydrogens is 286 g/mol. The molecule has 3 N–H and O–H groups in total. The van der Waals surface area contributed by atoms with Gasteiger partial charge in [-0.25, -0.2) is 0 Å². The maximum atomic E-state index is 6.25. The van der Waals surface area contributed by atoms with Gasteiger partial charge in [0.2, 0.25) is 0 Å². The van der Waals surface area contributed by atoms with E-state index in [1.54, 1.807) is 0 Å². The first-order valence-electron chi connectivity index (χ1n) is 4.46. The third-order valence-electron chi connectivity index (χ3n) is 1.79. The summed E-state index contributed by atoms with van der Waals surface area (Å²) >= 11 is 0. The van der Waals surface area contributed by atoms with E-state index in [1.807, 2.05) is 0 Å². The van der Waals surface area contributed by atoms with Crippen molar-refractivity contribution in [3.8, 4) is 0 Å². The van der Waals surface area contributed by atoms with Crippen molar-refractivity contribution in [3.63, 3.8) is 0 Å². The molecule has 1 aliphatic rings. The molecule has 0 aromatic carbocycles. The topological polar surface area (TPSA) is 157 Å². The average Bonchev–Trinajstić information content (AvgIpc) is 2.57. The summed E-state index contributed by atoms with van der Waals surface area (Å²) in [6, 6.07) is 0. The Bertz CT molecular complexity index is 178. The minimum Gasteiger partial charge on any atom is -0.512 e. The molecule has 0 aromatic heterocycles. The molecule has 19 heavy (non-hydrogen) atoms. The zero-order chi connectivity index (χ0) is 15.8. The number of nitrogens with one attached hydrogen (secondary N) is 1. The Balaban J connectivity index is -0.0000000332. The fraction of sp³-hybridized carbons (Fsp3) is 0.545. The molecule has 1 saturated heterocycles. The largest absolute Gasteiger partial charge is 5.00 e. The van der Waals surface area contributed by atoms with E-state index in [-0.39, 0.29) is 17.1 Å². The summed E-state index contributed by atoms with van der Waals surface area (Å²) in [5.41, 5.74) is 5.48. The second-order valence-electron chi connectivity index (χ2n) is 2.43. The van der Waals surface area contributed by atoms with E-state index in [1.165, 1.54) is 25.9 Å². The Morgan fingerprint density at radius 2 is 1.05 bits per heavy atom. The van der Waals surface area contributed by atoms with Gasteiger partial charge in [-0.15, -0.1) is 0 Å². The molecule has 1 aliphatic heterocycles. The summed E-state index contributed by atoms with van der Waals surface area (Å²) in [6.45, 7) is 27.0. The third-order valence-corrected chi connectivity index (χ3v) is 1.79. The average molecular weight is 300 g/mol. The van der Waals surface area contributed by atoms with E-state index in [0.717, 1.165) is 12.5 Å². The van der Waals surface area contributed by atoms with Gasteiger partial charge in [-0.3, -0.25) is 0 Å². The summed E-state index contributed by atoms with van der Waals surface area (Å²) in [7, 11) is 0. The number of hydrogen-bond donors (Lipinski definition) is 2. The maximum absolute atomic E-state index is 6.25. The minimum atomic E-state index is 0. The fourth-order valence-corrected chi connectivity index (χ4v) is 1.12. The van der Waals surface area contributed by atoms with Crippen molar-refractivity contribution in [1.82, 2.24) is 5.32 Å². The molecule has 101 valence electrons. The van der Waals surface area contributed by atoms with E-state index in [4.69, 9.17) is 64.9 Å². The van der Waals surface area contributed by atoms with Gasteiger partial charge in [-0.05, 0) is 38.4 Å². The van der Waals surface area contributed by atoms with Gasteiger partial charge in [0.1, 0.15) is 0 Å². The van der Waals surface area contributed by atoms with E-state index in [2.05, 4.69) is 5.32 Å². The molecule has 1 fully saturated rings. The number of nitrogens with two attached hydrogens (primary N) is 1. The molecule has 0 unspecified atom stereocenters. The quantitative estimate of drug-likeness (QED) is 0.524. The van der Waals surface area contributed by atoms with Gasteiger partial charge in [0.05, 0.1) is 0 Å². The number of piperidine rings is 1. The Labute approximate surface area is 126 Å². The van der Waals surface area contributed by atoms with Crippen LogP contribution in [0.25, 0.3) is 0 Å². The van der Waals surface area contributed by atoms with Gasteiger partial charge < -0.3 is 70.2 Å². The van der Waals surface area contributed by atoms with Crippen LogP contribution in [0.2, 0.25) is 0 Å². The van der Waals surface area contributed by atoms with Crippen molar-refractivity contribution in [2.45, 2.75) is 12.8 Å². The Morgan fingerprint density at radius 1 is 0.789 bits per heavy atom. The van der Waals surface area contributed by atoms with Crippen molar-refractivity contribution >= 4 is 0 Å². The van der Waals surface area contributed by atoms with Crippen LogP contribution in [-0.2, 0) is 17.1 Å². The van der Waals surface area contributed by atoms with Crippen molar-refractivity contribution in [3.05, 3.63) is 32.9 Å². The second-order valence-corrected chi connectivity index (χ2v) is 2.43. The molecule has 1 radical (unpaired) electrons. The third kappa shape index (κ3) is 49.2. The predicted octanol–water partition coefficient (Wildman–Crippen LogP) is 0.424. The molecule has 8 heteroatoms. The van der Waals surface area contributed by atoms with Crippen LogP contribution < -0.4 is 11.1 Å². The number of nitrogens with zero attached hydrogens (tertiary/aromatic N) is 5. The van der Waals surface area contributed by atoms with Gasteiger partial charge in [0, 0.05) is 0 Å². The Morgan fingerprint density at radius 3 is 1.21 bits per heavy atom. The van der Waals surface area contributed by atoms with Crippen LogP contribution in [0.15, 0.2) is 0 Å². The van der Waals surface area contributed by atoms with Crippen molar-refractivity contribution in [2.75, 3.05) is 19.6 Å². The van der Waals surface area contributed by atoms with Gasteiger partial charge >= 0.3 is 17.1 Å². The monoisotopic (exact) mass is 300 g/mol. The molecule has 1 rings (SSSR count). The molecule has 1 heterocycles. The zero-order valence-electron chi connectivity index (χ0n) is 10.3. The van der Waals surface area contributed by atoms with Crippen LogP contribution in [0.4, 0.5) is 0 Å². The SMILES string of the molecule is NCC1CCNCC1.[C-]#N.[C-]#N.[C-]#N.[C-]#N.[C-]#N.[Fe+5]. The van der Waals surface area contributed by atoms with Gasteiger partial charge in [-0.1, -0.05) is 0 Å². The first-order valence-corrected chi connectivity index (χ1v) is 4.46. The molecule has 0 aliphatic carbocycles. The van der Waals surface area contributed by atoms with Crippen molar-refractivity contribution in [1.29, 1.82) is 26.3 Å². The van der Waals surface area contributed by atoms with Crippen LogP contribution in [-0.4, -0.2) is 19.6 Å². The zero-order valence-corrected chi connectivity index (χ0v) is 11.4. The second kappa shape index (κ2) is 74.2. The van der Waals surface area contributed by atoms with Crippen LogP contribution in [0.3, 0.4) is 0 Å².